The molecule has 2 aromatic rings. The van der Waals surface area contributed by atoms with Gasteiger partial charge >= 0.3 is 0 Å². The molecule has 0 bridgehead atoms. The monoisotopic (exact) mass is 268 g/mol. The Balaban J connectivity index is 2.51. The molecular formula is C12H10ClFN2O2. The van der Waals surface area contributed by atoms with Crippen LogP contribution in [0.1, 0.15) is 16.1 Å². The van der Waals surface area contributed by atoms with Crippen molar-refractivity contribution in [3.8, 4) is 5.69 Å². The van der Waals surface area contributed by atoms with Gasteiger partial charge in [-0.3, -0.25) is 4.79 Å². The molecule has 1 aromatic heterocycles. The van der Waals surface area contributed by atoms with Gasteiger partial charge < -0.3 is 4.74 Å². The summed E-state index contributed by atoms with van der Waals surface area (Å²) >= 11 is 6.06. The molecule has 1 heterocycles. The average Bonchev–Trinajstić information content (AvgIpc) is 2.67. The number of carbonyl (C=O) groups is 1. The summed E-state index contributed by atoms with van der Waals surface area (Å²) in [5, 5.41) is 4.36. The number of ether oxygens (including phenoxy) is 1. The van der Waals surface area contributed by atoms with Crippen molar-refractivity contribution in [1.29, 1.82) is 0 Å². The predicted molar refractivity (Wildman–Crippen MR) is 64.6 cm³/mol. The molecular weight excluding hydrogens is 259 g/mol. The highest BCUT2D eigenvalue weighted by Crippen LogP contribution is 2.23. The summed E-state index contributed by atoms with van der Waals surface area (Å²) in [6, 6.07) is 5.65. The van der Waals surface area contributed by atoms with Gasteiger partial charge in [-0.1, -0.05) is 11.6 Å². The second kappa shape index (κ2) is 5.29. The minimum atomic E-state index is -0.352. The lowest BCUT2D eigenvalue weighted by atomic mass is 10.3. The highest BCUT2D eigenvalue weighted by Gasteiger charge is 2.16. The van der Waals surface area contributed by atoms with Gasteiger partial charge in [-0.25, -0.2) is 9.07 Å². The highest BCUT2D eigenvalue weighted by atomic mass is 35.5. The van der Waals surface area contributed by atoms with Gasteiger partial charge in [0.1, 0.15) is 16.7 Å². The lowest BCUT2D eigenvalue weighted by molar-refractivity contribution is 0.111. The van der Waals surface area contributed by atoms with Gasteiger partial charge in [0.05, 0.1) is 17.9 Å². The van der Waals surface area contributed by atoms with Crippen LogP contribution in [0, 0.1) is 5.82 Å². The van der Waals surface area contributed by atoms with Gasteiger partial charge in [0, 0.05) is 7.11 Å². The molecule has 0 aliphatic rings. The summed E-state index contributed by atoms with van der Waals surface area (Å²) in [7, 11) is 1.50. The molecule has 0 amide bonds. The molecule has 2 rings (SSSR count). The van der Waals surface area contributed by atoms with Crippen LogP contribution in [0.15, 0.2) is 24.3 Å². The first kappa shape index (κ1) is 12.7. The average molecular weight is 269 g/mol. The Kier molecular flexibility index (Phi) is 3.74. The van der Waals surface area contributed by atoms with Crippen molar-refractivity contribution in [3.05, 3.63) is 46.5 Å². The zero-order valence-corrected chi connectivity index (χ0v) is 10.3. The minimum Gasteiger partial charge on any atom is -0.378 e. The Labute approximate surface area is 108 Å². The van der Waals surface area contributed by atoms with E-state index < -0.39 is 0 Å². The lowest BCUT2D eigenvalue weighted by Gasteiger charge is -2.02. The Hall–Kier alpha value is -1.72. The number of nitrogens with zero attached hydrogens (tertiary/aromatic N) is 2. The Morgan fingerprint density at radius 3 is 2.67 bits per heavy atom. The summed E-state index contributed by atoms with van der Waals surface area (Å²) in [4.78, 5) is 11.0. The zero-order valence-electron chi connectivity index (χ0n) is 9.56. The maximum absolute atomic E-state index is 12.8. The molecule has 0 N–H and O–H groups in total. The van der Waals surface area contributed by atoms with Crippen molar-refractivity contribution in [1.82, 2.24) is 9.78 Å². The number of hydrogen-bond donors (Lipinski definition) is 0. The van der Waals surface area contributed by atoms with Gasteiger partial charge in [-0.05, 0) is 24.3 Å². The van der Waals surface area contributed by atoms with Crippen LogP contribution in [0.25, 0.3) is 5.69 Å². The third kappa shape index (κ3) is 2.27. The fourth-order valence-electron chi connectivity index (χ4n) is 1.56. The van der Waals surface area contributed by atoms with Gasteiger partial charge in [-0.15, -0.1) is 0 Å². The maximum atomic E-state index is 12.8. The van der Waals surface area contributed by atoms with Crippen molar-refractivity contribution < 1.29 is 13.9 Å². The van der Waals surface area contributed by atoms with E-state index in [9.17, 15) is 9.18 Å². The van der Waals surface area contributed by atoms with Crippen molar-refractivity contribution in [2.24, 2.45) is 0 Å². The number of carbonyl (C=O) groups excluding carboxylic acids is 1. The first-order chi connectivity index (χ1) is 8.67. The van der Waals surface area contributed by atoms with Gasteiger partial charge in [0.25, 0.3) is 0 Å². The van der Waals surface area contributed by atoms with Crippen molar-refractivity contribution in [3.63, 3.8) is 0 Å². The predicted octanol–water partition coefficient (Wildman–Crippen LogP) is 2.62. The molecule has 4 nitrogen and oxygen atoms in total. The smallest absolute Gasteiger partial charge is 0.155 e. The van der Waals surface area contributed by atoms with Crippen LogP contribution in [0.5, 0.6) is 0 Å². The van der Waals surface area contributed by atoms with Crippen LogP contribution in [-0.2, 0) is 11.3 Å². The molecule has 6 heteroatoms. The molecule has 0 radical (unpaired) electrons. The Morgan fingerprint density at radius 2 is 2.11 bits per heavy atom. The van der Waals surface area contributed by atoms with E-state index in [1.165, 1.54) is 36.1 Å². The fourth-order valence-corrected chi connectivity index (χ4v) is 1.85. The number of rotatable bonds is 4. The van der Waals surface area contributed by atoms with E-state index in [0.29, 0.717) is 17.7 Å². The zero-order chi connectivity index (χ0) is 13.1. The maximum Gasteiger partial charge on any atom is 0.155 e. The summed E-state index contributed by atoms with van der Waals surface area (Å²) in [6.45, 7) is 0.183. The second-order valence-corrected chi connectivity index (χ2v) is 3.95. The molecule has 94 valence electrons. The molecule has 0 aliphatic carbocycles. The van der Waals surface area contributed by atoms with E-state index in [4.69, 9.17) is 16.3 Å². The topological polar surface area (TPSA) is 44.1 Å². The molecule has 0 unspecified atom stereocenters. The summed E-state index contributed by atoms with van der Waals surface area (Å²) < 4.78 is 19.1. The van der Waals surface area contributed by atoms with Gasteiger partial charge in [0.2, 0.25) is 0 Å². The van der Waals surface area contributed by atoms with E-state index >= 15 is 0 Å². The van der Waals surface area contributed by atoms with E-state index in [1.807, 2.05) is 0 Å². The van der Waals surface area contributed by atoms with Crippen molar-refractivity contribution in [2.75, 3.05) is 7.11 Å². The first-order valence-electron chi connectivity index (χ1n) is 5.15. The Morgan fingerprint density at radius 1 is 1.44 bits per heavy atom. The van der Waals surface area contributed by atoms with Crippen LogP contribution >= 0.6 is 11.6 Å². The van der Waals surface area contributed by atoms with Crippen LogP contribution in [-0.4, -0.2) is 23.2 Å². The second-order valence-electron chi connectivity index (χ2n) is 3.59. The molecule has 0 aliphatic heterocycles. The molecule has 0 saturated carbocycles. The van der Waals surface area contributed by atoms with Crippen LogP contribution in [0.2, 0.25) is 5.15 Å². The van der Waals surface area contributed by atoms with E-state index in [1.54, 1.807) is 0 Å². The number of aldehydes is 1. The molecule has 0 fully saturated rings. The summed E-state index contributed by atoms with van der Waals surface area (Å²) in [6.07, 6.45) is 0.629. The molecule has 18 heavy (non-hydrogen) atoms. The third-order valence-electron chi connectivity index (χ3n) is 2.41. The molecule has 0 atom stereocenters. The van der Waals surface area contributed by atoms with Crippen molar-refractivity contribution in [2.45, 2.75) is 6.61 Å². The largest absolute Gasteiger partial charge is 0.378 e. The summed E-state index contributed by atoms with van der Waals surface area (Å²) in [5.41, 5.74) is 1.30. The number of hydrogen-bond acceptors (Lipinski definition) is 3. The molecule has 1 aromatic carbocycles. The normalized spacial score (nSPS) is 10.6. The SMILES string of the molecule is COCc1nn(-c2ccc(F)cc2)c(Cl)c1C=O. The Bertz CT molecular complexity index is 566. The lowest BCUT2D eigenvalue weighted by Crippen LogP contribution is -1.98. The number of benzene rings is 1. The van der Waals surface area contributed by atoms with Gasteiger partial charge in [0.15, 0.2) is 6.29 Å². The van der Waals surface area contributed by atoms with Crippen molar-refractivity contribution >= 4 is 17.9 Å². The number of halogens is 2. The molecule has 0 saturated heterocycles. The van der Waals surface area contributed by atoms with Crippen LogP contribution < -0.4 is 0 Å². The number of methoxy groups -OCH3 is 1. The fraction of sp³-hybridized carbons (Fsp3) is 0.167. The minimum absolute atomic E-state index is 0.183. The first-order valence-corrected chi connectivity index (χ1v) is 5.52. The number of aromatic nitrogens is 2. The van der Waals surface area contributed by atoms with E-state index in [2.05, 4.69) is 5.10 Å². The quantitative estimate of drug-likeness (QED) is 0.801. The van der Waals surface area contributed by atoms with Gasteiger partial charge in [-0.2, -0.15) is 5.10 Å². The van der Waals surface area contributed by atoms with E-state index in [-0.39, 0.29) is 23.1 Å². The van der Waals surface area contributed by atoms with E-state index in [0.717, 1.165) is 0 Å². The summed E-state index contributed by atoms with van der Waals surface area (Å²) in [5.74, 6) is -0.352. The molecule has 0 spiro atoms. The third-order valence-corrected chi connectivity index (χ3v) is 2.77. The van der Waals surface area contributed by atoms with Crippen LogP contribution in [0.3, 0.4) is 0 Å². The highest BCUT2D eigenvalue weighted by molar-refractivity contribution is 6.32. The standard InChI is InChI=1S/C12H10ClFN2O2/c1-18-7-11-10(6-17)12(13)16(15-11)9-4-2-8(14)3-5-9/h2-6H,7H2,1H3. The van der Waals surface area contributed by atoms with Crippen LogP contribution in [0.4, 0.5) is 4.39 Å².